The first-order chi connectivity index (χ1) is 21.3. The second-order valence-corrected chi connectivity index (χ2v) is 10.8. The maximum atomic E-state index is 12.9. The van der Waals surface area contributed by atoms with Gasteiger partial charge < -0.3 is 29.7 Å². The van der Waals surface area contributed by atoms with Crippen LogP contribution in [0.3, 0.4) is 0 Å². The average molecular weight is 607 g/mol. The smallest absolute Gasteiger partial charge is 0.258 e. The molecule has 1 aromatic heterocycles. The van der Waals surface area contributed by atoms with Gasteiger partial charge in [0.05, 0.1) is 20.4 Å². The molecule has 0 aliphatic carbocycles. The van der Waals surface area contributed by atoms with Crippen LogP contribution in [0.15, 0.2) is 54.9 Å². The molecule has 12 heteroatoms. The van der Waals surface area contributed by atoms with Crippen molar-refractivity contribution >= 4 is 17.7 Å². The van der Waals surface area contributed by atoms with Crippen LogP contribution >= 0.6 is 0 Å². The van der Waals surface area contributed by atoms with Gasteiger partial charge in [0.25, 0.3) is 11.8 Å². The lowest BCUT2D eigenvalue weighted by molar-refractivity contribution is -0.135. The number of aromatic nitrogens is 2. The van der Waals surface area contributed by atoms with Crippen molar-refractivity contribution in [2.75, 3.05) is 54.1 Å². The van der Waals surface area contributed by atoms with Crippen LogP contribution in [0.5, 0.6) is 17.2 Å². The number of ether oxygens (including phenoxy) is 3. The molecule has 12 nitrogen and oxygen atoms in total. The summed E-state index contributed by atoms with van der Waals surface area (Å²) in [5.41, 5.74) is 2.34. The van der Waals surface area contributed by atoms with Gasteiger partial charge in [-0.1, -0.05) is 12.1 Å². The van der Waals surface area contributed by atoms with Gasteiger partial charge in [-0.15, -0.1) is 0 Å². The number of benzene rings is 2. The van der Waals surface area contributed by atoms with Gasteiger partial charge in [-0.05, 0) is 63.1 Å². The molecule has 236 valence electrons. The molecule has 3 aromatic rings. The molecule has 0 saturated heterocycles. The van der Waals surface area contributed by atoms with Crippen molar-refractivity contribution in [1.29, 1.82) is 0 Å². The highest BCUT2D eigenvalue weighted by atomic mass is 16.5. The second kappa shape index (κ2) is 15.8. The second-order valence-electron chi connectivity index (χ2n) is 10.8. The fourth-order valence-electron chi connectivity index (χ4n) is 5.07. The van der Waals surface area contributed by atoms with Gasteiger partial charge in [-0.25, -0.2) is 4.68 Å². The molecule has 0 unspecified atom stereocenters. The fraction of sp³-hybridized carbons (Fsp3) is 0.438. The number of nitrogens with one attached hydrogen (secondary N) is 2. The number of hydrogen-bond donors (Lipinski definition) is 2. The van der Waals surface area contributed by atoms with Crippen molar-refractivity contribution in [3.8, 4) is 22.9 Å². The highest BCUT2D eigenvalue weighted by Gasteiger charge is 2.21. The van der Waals surface area contributed by atoms with Crippen molar-refractivity contribution in [2.24, 2.45) is 0 Å². The summed E-state index contributed by atoms with van der Waals surface area (Å²) in [6, 6.07) is 11.8. The molecule has 3 amide bonds. The van der Waals surface area contributed by atoms with Crippen molar-refractivity contribution in [3.63, 3.8) is 0 Å². The minimum atomic E-state index is -0.700. The molecular weight excluding hydrogens is 564 g/mol. The third-order valence-corrected chi connectivity index (χ3v) is 7.44. The van der Waals surface area contributed by atoms with Crippen LogP contribution in [0.1, 0.15) is 42.1 Å². The lowest BCUT2D eigenvalue weighted by Gasteiger charge is -2.24. The molecule has 1 atom stereocenters. The third kappa shape index (κ3) is 8.73. The van der Waals surface area contributed by atoms with Crippen LogP contribution in [-0.4, -0.2) is 97.4 Å². The van der Waals surface area contributed by atoms with Gasteiger partial charge in [0.15, 0.2) is 18.1 Å². The number of likely N-dealkylation sites (N-methyl/N-ethyl adjacent to an activating group) is 1. The molecule has 0 fully saturated rings. The summed E-state index contributed by atoms with van der Waals surface area (Å²) in [4.78, 5) is 42.2. The zero-order valence-corrected chi connectivity index (χ0v) is 25.9. The van der Waals surface area contributed by atoms with E-state index < -0.39 is 11.9 Å². The van der Waals surface area contributed by atoms with Gasteiger partial charge in [0, 0.05) is 50.6 Å². The zero-order valence-electron chi connectivity index (χ0n) is 25.9. The topological polar surface area (TPSA) is 127 Å². The number of fused-ring (bicyclic) bond motifs is 18. The standard InChI is InChI=1S/C32H42N6O6/c1-23-32(41)36(2)15-7-8-16-37(20-24-19-34-38(21-24)26-10-5-6-11-27(26)42-3)17-9-14-33-31(40)25-12-13-28(29(18-25)43-4)44-22-30(39)35-23/h5-6,10-13,18-19,21,23H,7-9,14-17,20,22H2,1-4H3,(H,33,40)(H,35,39)/t23-/m0/s1. The van der Waals surface area contributed by atoms with Crippen LogP contribution < -0.4 is 24.8 Å². The Labute approximate surface area is 258 Å². The number of amides is 3. The normalized spacial score (nSPS) is 18.1. The average Bonchev–Trinajstić information content (AvgIpc) is 3.50. The van der Waals surface area contributed by atoms with E-state index in [1.165, 1.54) is 7.11 Å². The Morgan fingerprint density at radius 1 is 0.977 bits per heavy atom. The van der Waals surface area contributed by atoms with E-state index in [0.29, 0.717) is 36.7 Å². The molecule has 2 aliphatic rings. The summed E-state index contributed by atoms with van der Waals surface area (Å²) in [5, 5.41) is 10.2. The largest absolute Gasteiger partial charge is 0.494 e. The maximum absolute atomic E-state index is 12.9. The molecule has 3 heterocycles. The lowest BCUT2D eigenvalue weighted by Crippen LogP contribution is -2.47. The molecule has 2 aliphatic heterocycles. The molecule has 0 spiro atoms. The van der Waals surface area contributed by atoms with E-state index in [9.17, 15) is 14.4 Å². The SMILES string of the molecule is COc1cc2ccc1OCC(=O)N[C@@H](C)C(=O)N(C)CCCCN(Cc1cnn(-c3ccccc3OC)c1)CCCNC2=O. The number of para-hydroxylation sites is 2. The Morgan fingerprint density at radius 2 is 1.73 bits per heavy atom. The van der Waals surface area contributed by atoms with Gasteiger partial charge in [0.2, 0.25) is 5.91 Å². The predicted octanol–water partition coefficient (Wildman–Crippen LogP) is 2.65. The van der Waals surface area contributed by atoms with Crippen LogP contribution in [0, 0.1) is 0 Å². The van der Waals surface area contributed by atoms with E-state index in [2.05, 4.69) is 20.6 Å². The van der Waals surface area contributed by atoms with Gasteiger partial charge in [-0.3, -0.25) is 19.3 Å². The molecule has 2 N–H and O–H groups in total. The van der Waals surface area contributed by atoms with Gasteiger partial charge >= 0.3 is 0 Å². The number of carbonyl (C=O) groups excluding carboxylic acids is 3. The Kier molecular flexibility index (Phi) is 11.6. The van der Waals surface area contributed by atoms with Crippen LogP contribution in [0.25, 0.3) is 5.69 Å². The Morgan fingerprint density at radius 3 is 2.52 bits per heavy atom. The highest BCUT2D eigenvalue weighted by Crippen LogP contribution is 2.28. The van der Waals surface area contributed by atoms with Crippen LogP contribution in [0.2, 0.25) is 0 Å². The monoisotopic (exact) mass is 606 g/mol. The number of nitrogens with zero attached hydrogens (tertiary/aromatic N) is 4. The molecular formula is C32H42N6O6. The lowest BCUT2D eigenvalue weighted by atomic mass is 10.2. The summed E-state index contributed by atoms with van der Waals surface area (Å²) in [6.45, 7) is 4.66. The first-order valence-electron chi connectivity index (χ1n) is 14.8. The van der Waals surface area contributed by atoms with Crippen LogP contribution in [-0.2, 0) is 16.1 Å². The molecule has 2 bridgehead atoms. The molecule has 0 radical (unpaired) electrons. The Hall–Kier alpha value is -4.58. The number of methoxy groups -OCH3 is 2. The number of carbonyl (C=O) groups is 3. The van der Waals surface area contributed by atoms with E-state index >= 15 is 0 Å². The van der Waals surface area contributed by atoms with Crippen LogP contribution in [0.4, 0.5) is 0 Å². The van der Waals surface area contributed by atoms with Gasteiger partial charge in [-0.2, -0.15) is 5.10 Å². The Bertz CT molecular complexity index is 1430. The third-order valence-electron chi connectivity index (χ3n) is 7.44. The molecule has 44 heavy (non-hydrogen) atoms. The first-order valence-corrected chi connectivity index (χ1v) is 14.8. The van der Waals surface area contributed by atoms with E-state index in [-0.39, 0.29) is 18.4 Å². The Balaban J connectivity index is 1.47. The summed E-state index contributed by atoms with van der Waals surface area (Å²) in [5.74, 6) is 0.572. The predicted molar refractivity (Wildman–Crippen MR) is 165 cm³/mol. The summed E-state index contributed by atoms with van der Waals surface area (Å²) >= 11 is 0. The van der Waals surface area contributed by atoms with E-state index in [1.807, 2.05) is 41.3 Å². The molecule has 2 aromatic carbocycles. The van der Waals surface area contributed by atoms with E-state index in [1.54, 1.807) is 44.2 Å². The van der Waals surface area contributed by atoms with E-state index in [4.69, 9.17) is 14.2 Å². The highest BCUT2D eigenvalue weighted by molar-refractivity contribution is 5.95. The maximum Gasteiger partial charge on any atom is 0.258 e. The summed E-state index contributed by atoms with van der Waals surface area (Å²) in [6.07, 6.45) is 6.27. The summed E-state index contributed by atoms with van der Waals surface area (Å²) in [7, 11) is 4.86. The zero-order chi connectivity index (χ0) is 31.5. The quantitative estimate of drug-likeness (QED) is 0.425. The number of rotatable bonds is 5. The van der Waals surface area contributed by atoms with Crippen molar-refractivity contribution < 1.29 is 28.6 Å². The molecule has 5 rings (SSSR count). The summed E-state index contributed by atoms with van der Waals surface area (Å²) < 4.78 is 18.3. The van der Waals surface area contributed by atoms with E-state index in [0.717, 1.165) is 49.4 Å². The van der Waals surface area contributed by atoms with Crippen molar-refractivity contribution in [2.45, 2.75) is 38.8 Å². The van der Waals surface area contributed by atoms with Crippen molar-refractivity contribution in [1.82, 2.24) is 30.2 Å². The minimum Gasteiger partial charge on any atom is -0.494 e. The minimum absolute atomic E-state index is 0.170. The first kappa shape index (κ1) is 32.3. The van der Waals surface area contributed by atoms with Crippen molar-refractivity contribution in [3.05, 3.63) is 66.0 Å². The number of hydrogen-bond acceptors (Lipinski definition) is 8. The molecule has 0 saturated carbocycles. The van der Waals surface area contributed by atoms with Gasteiger partial charge in [0.1, 0.15) is 17.5 Å². The fourth-order valence-corrected chi connectivity index (χ4v) is 5.07.